The third kappa shape index (κ3) is 4.17. The summed E-state index contributed by atoms with van der Waals surface area (Å²) in [5.41, 5.74) is 2.33. The highest BCUT2D eigenvalue weighted by Crippen LogP contribution is 2.37. The summed E-state index contributed by atoms with van der Waals surface area (Å²) < 4.78 is 21.4. The van der Waals surface area contributed by atoms with Gasteiger partial charge >= 0.3 is 0 Å². The summed E-state index contributed by atoms with van der Waals surface area (Å²) in [6, 6.07) is 11.0. The Bertz CT molecular complexity index is 870. The molecule has 0 spiro atoms. The summed E-state index contributed by atoms with van der Waals surface area (Å²) in [6.07, 6.45) is 3.71. The molecule has 0 N–H and O–H groups in total. The molecule has 1 fully saturated rings. The van der Waals surface area contributed by atoms with Crippen molar-refractivity contribution in [1.29, 1.82) is 0 Å². The molecule has 0 amide bonds. The van der Waals surface area contributed by atoms with Gasteiger partial charge in [-0.15, -0.1) is 11.8 Å². The predicted molar refractivity (Wildman–Crippen MR) is 113 cm³/mol. The first-order valence-corrected chi connectivity index (χ1v) is 9.62. The molecule has 2 aromatic carbocycles. The number of allylic oxidation sites excluding steroid dienone is 1. The smallest absolute Gasteiger partial charge is 0.196 e. The van der Waals surface area contributed by atoms with Crippen LogP contribution in [0.4, 0.5) is 0 Å². The second-order valence-electron chi connectivity index (χ2n) is 6.01. The molecule has 0 bridgehead atoms. The van der Waals surface area contributed by atoms with Crippen molar-refractivity contribution in [3.05, 3.63) is 58.0 Å². The number of hydrogen-bond donors (Lipinski definition) is 0. The summed E-state index contributed by atoms with van der Waals surface area (Å²) >= 11 is 1.50. The molecule has 0 aromatic heterocycles. The zero-order valence-corrected chi connectivity index (χ0v) is 17.1. The Morgan fingerprint density at radius 1 is 0.786 bits per heavy atom. The van der Waals surface area contributed by atoms with E-state index in [-0.39, 0.29) is 5.78 Å². The summed E-state index contributed by atoms with van der Waals surface area (Å²) in [7, 11) is 6.43. The molecule has 0 radical (unpaired) electrons. The van der Waals surface area contributed by atoms with Crippen molar-refractivity contribution in [3.63, 3.8) is 0 Å². The van der Waals surface area contributed by atoms with Crippen LogP contribution in [-0.4, -0.2) is 40.0 Å². The fourth-order valence-corrected chi connectivity index (χ4v) is 3.89. The molecule has 1 aliphatic heterocycles. The molecule has 1 aliphatic rings. The van der Waals surface area contributed by atoms with Crippen LogP contribution in [0.2, 0.25) is 0 Å². The Morgan fingerprint density at radius 2 is 1.32 bits per heavy atom. The van der Waals surface area contributed by atoms with Crippen molar-refractivity contribution in [3.8, 4) is 23.0 Å². The molecule has 0 atom stereocenters. The van der Waals surface area contributed by atoms with E-state index < -0.39 is 0 Å². The van der Waals surface area contributed by atoms with Gasteiger partial charge in [-0.1, -0.05) is 0 Å². The minimum absolute atomic E-state index is 0.000235. The van der Waals surface area contributed by atoms with E-state index in [9.17, 15) is 4.79 Å². The van der Waals surface area contributed by atoms with Crippen LogP contribution in [0.3, 0.4) is 0 Å². The first-order chi connectivity index (χ1) is 13.6. The normalized spacial score (nSPS) is 16.5. The number of rotatable bonds is 6. The van der Waals surface area contributed by atoms with Gasteiger partial charge in [0.05, 0.1) is 33.3 Å². The molecule has 2 aromatic rings. The molecule has 3 rings (SSSR count). The lowest BCUT2D eigenvalue weighted by atomic mass is 10.1. The van der Waals surface area contributed by atoms with E-state index in [1.807, 2.05) is 48.6 Å². The van der Waals surface area contributed by atoms with Crippen LogP contribution in [0.5, 0.6) is 23.0 Å². The van der Waals surface area contributed by atoms with Gasteiger partial charge < -0.3 is 18.9 Å². The van der Waals surface area contributed by atoms with Gasteiger partial charge in [-0.3, -0.25) is 4.79 Å². The summed E-state index contributed by atoms with van der Waals surface area (Å²) in [6.45, 7) is 0. The molecular weight excluding hydrogens is 376 g/mol. The quantitative estimate of drug-likeness (QED) is 0.670. The summed E-state index contributed by atoms with van der Waals surface area (Å²) in [5, 5.41) is 0. The molecule has 1 saturated heterocycles. The van der Waals surface area contributed by atoms with Crippen molar-refractivity contribution in [2.75, 3.05) is 34.2 Å². The van der Waals surface area contributed by atoms with E-state index in [0.29, 0.717) is 39.2 Å². The minimum atomic E-state index is -0.000235. The topological polar surface area (TPSA) is 54.0 Å². The van der Waals surface area contributed by atoms with E-state index in [1.165, 1.54) is 11.8 Å². The first-order valence-electron chi connectivity index (χ1n) is 8.63. The highest BCUT2D eigenvalue weighted by atomic mass is 32.2. The maximum atomic E-state index is 12.9. The van der Waals surface area contributed by atoms with E-state index in [2.05, 4.69) is 0 Å². The highest BCUT2D eigenvalue weighted by molar-refractivity contribution is 8.05. The number of carbonyl (C=O) groups is 1. The maximum absolute atomic E-state index is 12.9. The Kier molecular flexibility index (Phi) is 6.31. The molecular formula is C22H22O5S. The van der Waals surface area contributed by atoms with E-state index >= 15 is 0 Å². The SMILES string of the molecule is COc1ccc(OC)c(/C=C2\CS/C(=C\c3cc(OC)ccc3OC)C2=O)c1. The van der Waals surface area contributed by atoms with Gasteiger partial charge in [0.2, 0.25) is 0 Å². The Balaban J connectivity index is 1.94. The van der Waals surface area contributed by atoms with Crippen LogP contribution >= 0.6 is 11.8 Å². The van der Waals surface area contributed by atoms with Gasteiger partial charge in [-0.25, -0.2) is 0 Å². The average molecular weight is 398 g/mol. The Hall–Kier alpha value is -2.86. The predicted octanol–water partition coefficient (Wildman–Crippen LogP) is 4.46. The highest BCUT2D eigenvalue weighted by Gasteiger charge is 2.25. The van der Waals surface area contributed by atoms with Crippen molar-refractivity contribution in [2.24, 2.45) is 0 Å². The van der Waals surface area contributed by atoms with Gasteiger partial charge in [0.15, 0.2) is 5.78 Å². The molecule has 146 valence electrons. The second kappa shape index (κ2) is 8.89. The molecule has 5 nitrogen and oxygen atoms in total. The lowest BCUT2D eigenvalue weighted by molar-refractivity contribution is -0.111. The number of thioether (sulfide) groups is 1. The van der Waals surface area contributed by atoms with E-state index in [4.69, 9.17) is 18.9 Å². The largest absolute Gasteiger partial charge is 0.497 e. The fraction of sp³-hybridized carbons (Fsp3) is 0.227. The molecule has 6 heteroatoms. The van der Waals surface area contributed by atoms with Crippen LogP contribution < -0.4 is 18.9 Å². The van der Waals surface area contributed by atoms with Crippen LogP contribution in [0.15, 0.2) is 46.9 Å². The van der Waals surface area contributed by atoms with E-state index in [1.54, 1.807) is 28.4 Å². The third-order valence-electron chi connectivity index (χ3n) is 4.39. The van der Waals surface area contributed by atoms with Gasteiger partial charge in [0, 0.05) is 22.5 Å². The monoisotopic (exact) mass is 398 g/mol. The van der Waals surface area contributed by atoms with Crippen LogP contribution in [0.1, 0.15) is 11.1 Å². The number of ether oxygens (including phenoxy) is 4. The molecule has 1 heterocycles. The van der Waals surface area contributed by atoms with E-state index in [0.717, 1.165) is 11.1 Å². The number of hydrogen-bond acceptors (Lipinski definition) is 6. The zero-order valence-electron chi connectivity index (χ0n) is 16.3. The minimum Gasteiger partial charge on any atom is -0.497 e. The summed E-state index contributed by atoms with van der Waals surface area (Å²) in [5.74, 6) is 3.39. The number of carbonyl (C=O) groups excluding carboxylic acids is 1. The molecule has 28 heavy (non-hydrogen) atoms. The number of ketones is 1. The van der Waals surface area contributed by atoms with Gasteiger partial charge in [-0.2, -0.15) is 0 Å². The third-order valence-corrected chi connectivity index (χ3v) is 5.46. The zero-order chi connectivity index (χ0) is 20.1. The van der Waals surface area contributed by atoms with Crippen molar-refractivity contribution in [2.45, 2.75) is 0 Å². The lowest BCUT2D eigenvalue weighted by Crippen LogP contribution is -1.98. The van der Waals surface area contributed by atoms with Crippen molar-refractivity contribution < 1.29 is 23.7 Å². The summed E-state index contributed by atoms with van der Waals surface area (Å²) in [4.78, 5) is 13.6. The van der Waals surface area contributed by atoms with Gasteiger partial charge in [0.1, 0.15) is 23.0 Å². The van der Waals surface area contributed by atoms with Crippen molar-refractivity contribution >= 4 is 29.7 Å². The number of methoxy groups -OCH3 is 4. The Morgan fingerprint density at radius 3 is 1.82 bits per heavy atom. The molecule has 0 saturated carbocycles. The first kappa shape index (κ1) is 19.9. The van der Waals surface area contributed by atoms with Gasteiger partial charge in [-0.05, 0) is 48.6 Å². The van der Waals surface area contributed by atoms with Crippen molar-refractivity contribution in [1.82, 2.24) is 0 Å². The van der Waals surface area contributed by atoms with Crippen LogP contribution in [0, 0.1) is 0 Å². The molecule has 0 aliphatic carbocycles. The molecule has 0 unspecified atom stereocenters. The Labute approximate surface area is 168 Å². The lowest BCUT2D eigenvalue weighted by Gasteiger charge is -2.08. The fourth-order valence-electron chi connectivity index (χ4n) is 2.89. The average Bonchev–Trinajstić information content (AvgIpc) is 3.07. The van der Waals surface area contributed by atoms with Gasteiger partial charge in [0.25, 0.3) is 0 Å². The maximum Gasteiger partial charge on any atom is 0.196 e. The standard InChI is InChI=1S/C22H22O5S/c1-24-17-5-7-19(26-3)14(10-17)9-16-13-28-21(22(16)23)12-15-11-18(25-2)6-8-20(15)27-4/h5-12H,13H2,1-4H3/b16-9+,21-12-. The number of benzene rings is 2. The van der Waals surface area contributed by atoms with Crippen LogP contribution in [-0.2, 0) is 4.79 Å². The second-order valence-corrected chi connectivity index (χ2v) is 7.03. The number of Topliss-reactive ketones (excluding diaryl/α,β-unsaturated/α-hetero) is 1. The van der Waals surface area contributed by atoms with Crippen LogP contribution in [0.25, 0.3) is 12.2 Å².